The topological polar surface area (TPSA) is 65.8 Å². The molecule has 9 heteroatoms. The highest BCUT2D eigenvalue weighted by molar-refractivity contribution is 7.89. The summed E-state index contributed by atoms with van der Waals surface area (Å²) in [4.78, 5) is 2.06. The van der Waals surface area contributed by atoms with Gasteiger partial charge in [0.15, 0.2) is 0 Å². The number of aliphatic hydroxyl groups excluding tert-OH is 1. The van der Waals surface area contributed by atoms with E-state index in [4.69, 9.17) is 0 Å². The summed E-state index contributed by atoms with van der Waals surface area (Å²) in [5.41, 5.74) is 1.33. The number of benzene rings is 2. The van der Waals surface area contributed by atoms with E-state index >= 15 is 0 Å². The Morgan fingerprint density at radius 2 is 1.53 bits per heavy atom. The summed E-state index contributed by atoms with van der Waals surface area (Å²) in [6.45, 7) is 1.14. The predicted molar refractivity (Wildman–Crippen MR) is 120 cm³/mol. The van der Waals surface area contributed by atoms with E-state index in [1.165, 1.54) is 28.6 Å². The van der Waals surface area contributed by atoms with Crippen molar-refractivity contribution in [2.75, 3.05) is 25.5 Å². The fourth-order valence-corrected chi connectivity index (χ4v) is 6.93. The Labute approximate surface area is 186 Å². The molecule has 3 aromatic rings. The number of β-amino-alcohol motifs (C(OH)–C–C–N with tert-alkyl or cyclic N) is 1. The van der Waals surface area contributed by atoms with Gasteiger partial charge < -0.3 is 9.67 Å². The standard InChI is InChI=1S/C23H27F2N3O3S/c24-16-5-7-22-20(11-16)21-12-17(25)6-8-23(21)28(22)14-19(29)13-27-10-9-26(15-32(27,30)31)18-3-1-2-4-18/h5-8,11-12,18-19,29H,1-4,9-10,13-15H2. The average Bonchev–Trinajstić information content (AvgIpc) is 3.37. The van der Waals surface area contributed by atoms with Crippen molar-refractivity contribution < 1.29 is 22.3 Å². The SMILES string of the molecule is O=S1(=O)CN(C2CCCC2)CCN1CC(O)Cn1c2ccc(F)cc2c2cc(F)ccc21. The van der Waals surface area contributed by atoms with Crippen LogP contribution in [0, 0.1) is 11.6 Å². The Morgan fingerprint density at radius 3 is 2.09 bits per heavy atom. The molecule has 0 amide bonds. The highest BCUT2D eigenvalue weighted by atomic mass is 32.2. The lowest BCUT2D eigenvalue weighted by atomic mass is 10.1. The molecule has 1 aliphatic carbocycles. The number of aliphatic hydroxyl groups is 1. The summed E-state index contributed by atoms with van der Waals surface area (Å²) in [5.74, 6) is -0.849. The number of halogens is 2. The molecule has 1 N–H and O–H groups in total. The van der Waals surface area contributed by atoms with Gasteiger partial charge in [-0.3, -0.25) is 4.90 Å². The van der Waals surface area contributed by atoms with Crippen molar-refractivity contribution >= 4 is 31.8 Å². The molecule has 32 heavy (non-hydrogen) atoms. The summed E-state index contributed by atoms with van der Waals surface area (Å²) in [6.07, 6.45) is 3.43. The van der Waals surface area contributed by atoms with Gasteiger partial charge in [-0.15, -0.1) is 0 Å². The first-order valence-electron chi connectivity index (χ1n) is 11.1. The number of hydrogen-bond donors (Lipinski definition) is 1. The zero-order valence-corrected chi connectivity index (χ0v) is 18.6. The third kappa shape index (κ3) is 4.03. The molecule has 2 fully saturated rings. The largest absolute Gasteiger partial charge is 0.390 e. The van der Waals surface area contributed by atoms with Crippen molar-refractivity contribution in [3.8, 4) is 0 Å². The van der Waals surface area contributed by atoms with Crippen molar-refractivity contribution in [3.63, 3.8) is 0 Å². The number of sulfonamides is 1. The lowest BCUT2D eigenvalue weighted by Crippen LogP contribution is -2.54. The van der Waals surface area contributed by atoms with Crippen LogP contribution in [-0.4, -0.2) is 65.0 Å². The Balaban J connectivity index is 1.37. The summed E-state index contributed by atoms with van der Waals surface area (Å²) in [7, 11) is -3.49. The van der Waals surface area contributed by atoms with E-state index in [-0.39, 0.29) is 19.0 Å². The molecule has 1 atom stereocenters. The second-order valence-electron chi connectivity index (χ2n) is 8.94. The van der Waals surface area contributed by atoms with Gasteiger partial charge in [0.2, 0.25) is 10.0 Å². The van der Waals surface area contributed by atoms with E-state index < -0.39 is 27.8 Å². The first-order chi connectivity index (χ1) is 15.3. The van der Waals surface area contributed by atoms with E-state index in [0.29, 0.717) is 40.9 Å². The lowest BCUT2D eigenvalue weighted by molar-refractivity contribution is 0.114. The lowest BCUT2D eigenvalue weighted by Gasteiger charge is -2.38. The number of hydrogen-bond acceptors (Lipinski definition) is 4. The van der Waals surface area contributed by atoms with Gasteiger partial charge in [-0.25, -0.2) is 17.2 Å². The maximum atomic E-state index is 13.8. The number of rotatable bonds is 5. The number of nitrogens with zero attached hydrogens (tertiary/aromatic N) is 3. The minimum Gasteiger partial charge on any atom is -0.390 e. The van der Waals surface area contributed by atoms with Crippen LogP contribution in [0.5, 0.6) is 0 Å². The molecule has 2 aliphatic rings. The summed E-state index contributed by atoms with van der Waals surface area (Å²) < 4.78 is 56.6. The molecule has 172 valence electrons. The highest BCUT2D eigenvalue weighted by Gasteiger charge is 2.35. The van der Waals surface area contributed by atoms with Crippen molar-refractivity contribution in [1.29, 1.82) is 0 Å². The Hall–Kier alpha value is -2.07. The molecule has 0 bridgehead atoms. The van der Waals surface area contributed by atoms with Gasteiger partial charge >= 0.3 is 0 Å². The molecule has 1 aliphatic heterocycles. The molecule has 0 radical (unpaired) electrons. The summed E-state index contributed by atoms with van der Waals surface area (Å²) in [5, 5.41) is 11.9. The molecule has 1 saturated carbocycles. The van der Waals surface area contributed by atoms with Crippen LogP contribution in [0.25, 0.3) is 21.8 Å². The Morgan fingerprint density at radius 1 is 0.938 bits per heavy atom. The van der Waals surface area contributed by atoms with Gasteiger partial charge in [0, 0.05) is 47.5 Å². The molecule has 1 unspecified atom stereocenters. The minimum absolute atomic E-state index is 0.00167. The van der Waals surface area contributed by atoms with Gasteiger partial charge in [-0.2, -0.15) is 4.31 Å². The highest BCUT2D eigenvalue weighted by Crippen LogP contribution is 2.31. The van der Waals surface area contributed by atoms with E-state index in [0.717, 1.165) is 25.7 Å². The van der Waals surface area contributed by atoms with Crippen molar-refractivity contribution in [2.24, 2.45) is 0 Å². The van der Waals surface area contributed by atoms with Crippen molar-refractivity contribution in [3.05, 3.63) is 48.0 Å². The number of aromatic nitrogens is 1. The molecule has 1 saturated heterocycles. The monoisotopic (exact) mass is 463 g/mol. The van der Waals surface area contributed by atoms with Crippen LogP contribution in [0.15, 0.2) is 36.4 Å². The molecular weight excluding hydrogens is 436 g/mol. The van der Waals surface area contributed by atoms with Crippen LogP contribution >= 0.6 is 0 Å². The fraction of sp³-hybridized carbons (Fsp3) is 0.478. The van der Waals surface area contributed by atoms with E-state index in [1.54, 1.807) is 16.7 Å². The smallest absolute Gasteiger partial charge is 0.227 e. The molecule has 6 nitrogen and oxygen atoms in total. The minimum atomic E-state index is -3.49. The van der Waals surface area contributed by atoms with Gasteiger partial charge in [0.05, 0.1) is 12.6 Å². The zero-order valence-electron chi connectivity index (χ0n) is 17.8. The third-order valence-electron chi connectivity index (χ3n) is 6.80. The third-order valence-corrected chi connectivity index (χ3v) is 8.57. The molecule has 1 aromatic heterocycles. The molecular formula is C23H27F2N3O3S. The van der Waals surface area contributed by atoms with E-state index in [9.17, 15) is 22.3 Å². The van der Waals surface area contributed by atoms with Crippen molar-refractivity contribution in [2.45, 2.75) is 44.4 Å². The second-order valence-corrected chi connectivity index (χ2v) is 10.9. The van der Waals surface area contributed by atoms with E-state index in [1.807, 2.05) is 0 Å². The average molecular weight is 464 g/mol. The summed E-state index contributed by atoms with van der Waals surface area (Å²) >= 11 is 0. The molecule has 2 heterocycles. The molecule has 0 spiro atoms. The van der Waals surface area contributed by atoms with Gasteiger partial charge in [-0.05, 0) is 49.2 Å². The van der Waals surface area contributed by atoms with Gasteiger partial charge in [-0.1, -0.05) is 12.8 Å². The summed E-state index contributed by atoms with van der Waals surface area (Å²) in [6, 6.07) is 8.91. The second kappa shape index (κ2) is 8.37. The van der Waals surface area contributed by atoms with Gasteiger partial charge in [0.1, 0.15) is 17.5 Å². The van der Waals surface area contributed by atoms with Crippen LogP contribution in [0.1, 0.15) is 25.7 Å². The van der Waals surface area contributed by atoms with E-state index in [2.05, 4.69) is 4.90 Å². The Bertz CT molecular complexity index is 1200. The fourth-order valence-electron chi connectivity index (χ4n) is 5.25. The first kappa shape index (κ1) is 21.8. The zero-order chi connectivity index (χ0) is 22.5. The predicted octanol–water partition coefficient (Wildman–Crippen LogP) is 3.28. The quantitative estimate of drug-likeness (QED) is 0.631. The van der Waals surface area contributed by atoms with Crippen LogP contribution in [0.2, 0.25) is 0 Å². The van der Waals surface area contributed by atoms with Gasteiger partial charge in [0.25, 0.3) is 0 Å². The van der Waals surface area contributed by atoms with Crippen LogP contribution in [-0.2, 0) is 16.6 Å². The van der Waals surface area contributed by atoms with Crippen LogP contribution in [0.3, 0.4) is 0 Å². The van der Waals surface area contributed by atoms with Crippen LogP contribution in [0.4, 0.5) is 8.78 Å². The maximum Gasteiger partial charge on any atom is 0.227 e. The maximum absolute atomic E-state index is 13.8. The van der Waals surface area contributed by atoms with Crippen LogP contribution < -0.4 is 0 Å². The van der Waals surface area contributed by atoms with Crippen molar-refractivity contribution in [1.82, 2.24) is 13.8 Å². The normalized spacial score (nSPS) is 21.6. The first-order valence-corrected chi connectivity index (χ1v) is 12.7. The Kier molecular flexibility index (Phi) is 5.69. The molecule has 5 rings (SSSR count). The number of fused-ring (bicyclic) bond motifs is 3. The molecule has 2 aromatic carbocycles.